The van der Waals surface area contributed by atoms with E-state index in [0.717, 1.165) is 38.0 Å². The van der Waals surface area contributed by atoms with Crippen LogP contribution >= 0.6 is 0 Å². The molecule has 1 heterocycles. The molecule has 0 atom stereocenters. The molecule has 3 heteroatoms. The molecule has 2 rings (SSSR count). The third-order valence-electron chi connectivity index (χ3n) is 3.86. The van der Waals surface area contributed by atoms with Gasteiger partial charge in [-0.3, -0.25) is 0 Å². The van der Waals surface area contributed by atoms with Crippen molar-refractivity contribution in [2.24, 2.45) is 5.92 Å². The molecule has 0 unspecified atom stereocenters. The molecule has 1 saturated heterocycles. The summed E-state index contributed by atoms with van der Waals surface area (Å²) in [5.74, 6) is 0.450. The first kappa shape index (κ1) is 14.5. The first-order chi connectivity index (χ1) is 8.97. The highest BCUT2D eigenvalue weighted by Gasteiger charge is 2.32. The molecule has 1 fully saturated rings. The van der Waals surface area contributed by atoms with E-state index in [1.54, 1.807) is 12.1 Å². The molecule has 19 heavy (non-hydrogen) atoms. The van der Waals surface area contributed by atoms with E-state index in [1.165, 1.54) is 12.1 Å². The number of benzene rings is 1. The van der Waals surface area contributed by atoms with Gasteiger partial charge >= 0.3 is 0 Å². The van der Waals surface area contributed by atoms with Crippen molar-refractivity contribution in [1.29, 1.82) is 0 Å². The molecule has 106 valence electrons. The predicted molar refractivity (Wildman–Crippen MR) is 75.6 cm³/mol. The van der Waals surface area contributed by atoms with Gasteiger partial charge in [-0.25, -0.2) is 4.39 Å². The average molecular weight is 265 g/mol. The lowest BCUT2D eigenvalue weighted by molar-refractivity contribution is -0.0227. The van der Waals surface area contributed by atoms with Gasteiger partial charge in [0.25, 0.3) is 0 Å². The van der Waals surface area contributed by atoms with E-state index in [1.807, 2.05) is 0 Å². The van der Waals surface area contributed by atoms with Crippen molar-refractivity contribution in [1.82, 2.24) is 4.90 Å². The Bertz CT molecular complexity index is 394. The Labute approximate surface area is 115 Å². The van der Waals surface area contributed by atoms with Gasteiger partial charge in [-0.05, 0) is 36.5 Å². The van der Waals surface area contributed by atoms with E-state index < -0.39 is 5.60 Å². The zero-order valence-corrected chi connectivity index (χ0v) is 11.9. The molecule has 0 bridgehead atoms. The van der Waals surface area contributed by atoms with Crippen LogP contribution in [0.3, 0.4) is 0 Å². The smallest absolute Gasteiger partial charge is 0.123 e. The second-order valence-electron chi connectivity index (χ2n) is 6.22. The summed E-state index contributed by atoms with van der Waals surface area (Å²) in [6.07, 6.45) is 2.23. The first-order valence-corrected chi connectivity index (χ1v) is 7.16. The van der Waals surface area contributed by atoms with Gasteiger partial charge in [-0.2, -0.15) is 0 Å². The molecule has 0 aromatic heterocycles. The van der Waals surface area contributed by atoms with Crippen LogP contribution in [-0.2, 0) is 6.42 Å². The fraction of sp³-hybridized carbons (Fsp3) is 0.625. The average Bonchev–Trinajstić information content (AvgIpc) is 2.35. The van der Waals surface area contributed by atoms with E-state index in [0.29, 0.717) is 12.3 Å². The van der Waals surface area contributed by atoms with Gasteiger partial charge in [0, 0.05) is 26.1 Å². The normalized spacial score (nSPS) is 19.8. The van der Waals surface area contributed by atoms with Crippen molar-refractivity contribution < 1.29 is 9.50 Å². The Morgan fingerprint density at radius 2 is 1.79 bits per heavy atom. The van der Waals surface area contributed by atoms with Gasteiger partial charge < -0.3 is 10.0 Å². The van der Waals surface area contributed by atoms with Crippen LogP contribution in [0.15, 0.2) is 24.3 Å². The molecule has 0 radical (unpaired) electrons. The number of hydrogen-bond donors (Lipinski definition) is 1. The Hall–Kier alpha value is -0.930. The van der Waals surface area contributed by atoms with E-state index in [-0.39, 0.29) is 5.82 Å². The van der Waals surface area contributed by atoms with Crippen LogP contribution in [0.5, 0.6) is 0 Å². The zero-order valence-electron chi connectivity index (χ0n) is 11.9. The molecule has 2 nitrogen and oxygen atoms in total. The highest BCUT2D eigenvalue weighted by atomic mass is 19.1. The maximum Gasteiger partial charge on any atom is 0.123 e. The predicted octanol–water partition coefficient (Wildman–Crippen LogP) is 2.85. The van der Waals surface area contributed by atoms with E-state index in [4.69, 9.17) is 0 Å². The van der Waals surface area contributed by atoms with Crippen LogP contribution in [-0.4, -0.2) is 35.2 Å². The Morgan fingerprint density at radius 3 is 2.32 bits per heavy atom. The summed E-state index contributed by atoms with van der Waals surface area (Å²) in [6.45, 7) is 7.46. The van der Waals surface area contributed by atoms with Gasteiger partial charge in [0.15, 0.2) is 0 Å². The largest absolute Gasteiger partial charge is 0.389 e. The Balaban J connectivity index is 1.89. The summed E-state index contributed by atoms with van der Waals surface area (Å²) in [4.78, 5) is 2.42. The molecule has 1 aliphatic heterocycles. The van der Waals surface area contributed by atoms with Crippen molar-refractivity contribution >= 4 is 0 Å². The lowest BCUT2D eigenvalue weighted by Gasteiger charge is -2.39. The van der Waals surface area contributed by atoms with Crippen molar-refractivity contribution in [3.05, 3.63) is 35.6 Å². The van der Waals surface area contributed by atoms with Crippen LogP contribution in [0.1, 0.15) is 32.3 Å². The number of hydrogen-bond acceptors (Lipinski definition) is 2. The fourth-order valence-electron chi connectivity index (χ4n) is 2.83. The quantitative estimate of drug-likeness (QED) is 0.905. The topological polar surface area (TPSA) is 23.5 Å². The van der Waals surface area contributed by atoms with Crippen molar-refractivity contribution in [3.63, 3.8) is 0 Å². The molecule has 0 aliphatic carbocycles. The minimum Gasteiger partial charge on any atom is -0.389 e. The van der Waals surface area contributed by atoms with Crippen molar-refractivity contribution in [3.8, 4) is 0 Å². The highest BCUT2D eigenvalue weighted by Crippen LogP contribution is 2.26. The fourth-order valence-corrected chi connectivity index (χ4v) is 2.83. The minimum absolute atomic E-state index is 0.220. The molecular weight excluding hydrogens is 241 g/mol. The lowest BCUT2D eigenvalue weighted by Crippen LogP contribution is -2.46. The Morgan fingerprint density at radius 1 is 1.21 bits per heavy atom. The first-order valence-electron chi connectivity index (χ1n) is 7.16. The van der Waals surface area contributed by atoms with Crippen LogP contribution in [0.4, 0.5) is 4.39 Å². The van der Waals surface area contributed by atoms with E-state index in [2.05, 4.69) is 18.7 Å². The number of likely N-dealkylation sites (tertiary alicyclic amines) is 1. The summed E-state index contributed by atoms with van der Waals surface area (Å²) < 4.78 is 12.9. The molecule has 1 aromatic carbocycles. The number of aliphatic hydroxyl groups is 1. The lowest BCUT2D eigenvalue weighted by atomic mass is 9.85. The maximum absolute atomic E-state index is 12.9. The van der Waals surface area contributed by atoms with Crippen LogP contribution in [0.2, 0.25) is 0 Å². The molecule has 0 spiro atoms. The third-order valence-corrected chi connectivity index (χ3v) is 3.86. The zero-order chi connectivity index (χ0) is 13.9. The molecule has 1 aromatic rings. The number of rotatable bonds is 4. The minimum atomic E-state index is -0.620. The summed E-state index contributed by atoms with van der Waals surface area (Å²) in [5, 5.41) is 10.6. The van der Waals surface area contributed by atoms with E-state index in [9.17, 15) is 9.50 Å². The number of nitrogens with zero attached hydrogens (tertiary/aromatic N) is 1. The van der Waals surface area contributed by atoms with Gasteiger partial charge in [0.2, 0.25) is 0 Å². The SMILES string of the molecule is CC(C)CN1CCC(O)(Cc2ccc(F)cc2)CC1. The van der Waals surface area contributed by atoms with Gasteiger partial charge in [0.1, 0.15) is 5.82 Å². The second-order valence-corrected chi connectivity index (χ2v) is 6.22. The molecule has 0 saturated carbocycles. The molecule has 1 N–H and O–H groups in total. The van der Waals surface area contributed by atoms with Crippen LogP contribution in [0, 0.1) is 11.7 Å². The molecule has 1 aliphatic rings. The van der Waals surface area contributed by atoms with Gasteiger partial charge in [-0.15, -0.1) is 0 Å². The maximum atomic E-state index is 12.9. The van der Waals surface area contributed by atoms with Gasteiger partial charge in [-0.1, -0.05) is 26.0 Å². The van der Waals surface area contributed by atoms with E-state index >= 15 is 0 Å². The summed E-state index contributed by atoms with van der Waals surface area (Å²) in [5.41, 5.74) is 0.395. The third kappa shape index (κ3) is 4.29. The number of halogens is 1. The molecule has 0 amide bonds. The standard InChI is InChI=1S/C16H24FNO/c1-13(2)12-18-9-7-16(19,8-10-18)11-14-3-5-15(17)6-4-14/h3-6,13,19H,7-12H2,1-2H3. The van der Waals surface area contributed by atoms with Crippen LogP contribution in [0.25, 0.3) is 0 Å². The van der Waals surface area contributed by atoms with Crippen molar-refractivity contribution in [2.75, 3.05) is 19.6 Å². The summed E-state index contributed by atoms with van der Waals surface area (Å²) in [6, 6.07) is 6.47. The second kappa shape index (κ2) is 6.02. The van der Waals surface area contributed by atoms with Crippen molar-refractivity contribution in [2.45, 2.75) is 38.7 Å². The molecular formula is C16H24FNO. The number of piperidine rings is 1. The summed E-state index contributed by atoms with van der Waals surface area (Å²) >= 11 is 0. The van der Waals surface area contributed by atoms with Crippen LogP contribution < -0.4 is 0 Å². The van der Waals surface area contributed by atoms with Gasteiger partial charge in [0.05, 0.1) is 5.60 Å². The highest BCUT2D eigenvalue weighted by molar-refractivity contribution is 5.18. The monoisotopic (exact) mass is 265 g/mol. The summed E-state index contributed by atoms with van der Waals surface area (Å²) in [7, 11) is 0. The Kier molecular flexibility index (Phi) is 4.58.